The first-order valence-electron chi connectivity index (χ1n) is 11.5. The number of nitrogens with zero attached hydrogens (tertiary/aromatic N) is 5. The van der Waals surface area contributed by atoms with Crippen LogP contribution in [0.5, 0.6) is 17.2 Å². The fourth-order valence-electron chi connectivity index (χ4n) is 4.20. The maximum absolute atomic E-state index is 13.2. The Bertz CT molecular complexity index is 1590. The van der Waals surface area contributed by atoms with Gasteiger partial charge in [0.25, 0.3) is 11.3 Å². The molecule has 35 heavy (non-hydrogen) atoms. The largest absolute Gasteiger partial charge is 0.497 e. The lowest BCUT2D eigenvalue weighted by Gasteiger charge is -2.08. The van der Waals surface area contributed by atoms with Crippen molar-refractivity contribution in [1.82, 2.24) is 24.1 Å². The Balaban J connectivity index is 1.32. The minimum Gasteiger partial charge on any atom is -0.497 e. The number of hydrogen-bond donors (Lipinski definition) is 0. The highest BCUT2D eigenvalue weighted by Gasteiger charge is 2.16. The summed E-state index contributed by atoms with van der Waals surface area (Å²) in [6, 6.07) is 15.4. The van der Waals surface area contributed by atoms with Crippen LogP contribution >= 0.6 is 0 Å². The molecule has 0 amide bonds. The maximum atomic E-state index is 13.2. The summed E-state index contributed by atoms with van der Waals surface area (Å²) < 4.78 is 20.0. The minimum absolute atomic E-state index is 0.113. The normalized spacial score (nSPS) is 13.2. The van der Waals surface area contributed by atoms with E-state index in [1.165, 1.54) is 0 Å². The van der Waals surface area contributed by atoms with E-state index in [1.54, 1.807) is 28.6 Å². The molecule has 0 spiro atoms. The first-order chi connectivity index (χ1) is 17.2. The van der Waals surface area contributed by atoms with E-state index in [0.717, 1.165) is 29.7 Å². The van der Waals surface area contributed by atoms with Crippen molar-refractivity contribution in [1.29, 1.82) is 0 Å². The predicted octanol–water partition coefficient (Wildman–Crippen LogP) is 3.52. The van der Waals surface area contributed by atoms with Gasteiger partial charge < -0.3 is 18.8 Å². The smallest absolute Gasteiger partial charge is 0.261 e. The number of rotatable bonds is 5. The zero-order valence-electron chi connectivity index (χ0n) is 19.2. The summed E-state index contributed by atoms with van der Waals surface area (Å²) in [6.07, 6.45) is 4.93. The van der Waals surface area contributed by atoms with Crippen molar-refractivity contribution in [3.63, 3.8) is 0 Å². The maximum Gasteiger partial charge on any atom is 0.261 e. The Kier molecular flexibility index (Phi) is 5.29. The molecule has 2 aromatic carbocycles. The van der Waals surface area contributed by atoms with E-state index in [0.29, 0.717) is 53.8 Å². The van der Waals surface area contributed by atoms with Gasteiger partial charge in [-0.1, -0.05) is 12.1 Å². The molecular formula is C26H23N5O4. The molecule has 0 saturated carbocycles. The van der Waals surface area contributed by atoms with Crippen molar-refractivity contribution in [2.24, 2.45) is 0 Å². The molecule has 1 aliphatic heterocycles. The SMILES string of the molecule is COc1ccc(CCn2ccc3c(cnc4nc(-c5ccc6c(c5)OCCCO6)nn43)c2=O)cc1. The lowest BCUT2D eigenvalue weighted by molar-refractivity contribution is 0.297. The Hall–Kier alpha value is -4.40. The number of benzene rings is 2. The molecule has 0 bridgehead atoms. The molecule has 5 aromatic rings. The fourth-order valence-corrected chi connectivity index (χ4v) is 4.20. The predicted molar refractivity (Wildman–Crippen MR) is 130 cm³/mol. The van der Waals surface area contributed by atoms with Gasteiger partial charge >= 0.3 is 0 Å². The van der Waals surface area contributed by atoms with Gasteiger partial charge in [-0.2, -0.15) is 9.50 Å². The second-order valence-corrected chi connectivity index (χ2v) is 8.33. The molecule has 176 valence electrons. The van der Waals surface area contributed by atoms with E-state index in [9.17, 15) is 4.79 Å². The van der Waals surface area contributed by atoms with Gasteiger partial charge in [0.1, 0.15) is 5.75 Å². The first-order valence-corrected chi connectivity index (χ1v) is 11.5. The summed E-state index contributed by atoms with van der Waals surface area (Å²) in [5.41, 5.74) is 2.47. The van der Waals surface area contributed by atoms with E-state index in [4.69, 9.17) is 14.2 Å². The zero-order valence-corrected chi connectivity index (χ0v) is 19.2. The fraction of sp³-hybridized carbons (Fsp3) is 0.231. The van der Waals surface area contributed by atoms with E-state index >= 15 is 0 Å². The van der Waals surface area contributed by atoms with Crippen LogP contribution in [0.1, 0.15) is 12.0 Å². The van der Waals surface area contributed by atoms with Crippen LogP contribution < -0.4 is 19.8 Å². The number of aryl methyl sites for hydroxylation is 2. The lowest BCUT2D eigenvalue weighted by atomic mass is 10.1. The molecule has 0 N–H and O–H groups in total. The number of ether oxygens (including phenoxy) is 3. The van der Waals surface area contributed by atoms with Crippen molar-refractivity contribution in [3.05, 3.63) is 76.8 Å². The van der Waals surface area contributed by atoms with Gasteiger partial charge in [0.15, 0.2) is 17.3 Å². The molecular weight excluding hydrogens is 446 g/mol. The summed E-state index contributed by atoms with van der Waals surface area (Å²) in [5.74, 6) is 3.13. The topological polar surface area (TPSA) is 92.8 Å². The van der Waals surface area contributed by atoms with Crippen LogP contribution in [0.25, 0.3) is 28.1 Å². The molecule has 0 saturated heterocycles. The number of methoxy groups -OCH3 is 1. The van der Waals surface area contributed by atoms with Gasteiger partial charge in [-0.15, -0.1) is 5.10 Å². The van der Waals surface area contributed by atoms with E-state index in [1.807, 2.05) is 48.5 Å². The molecule has 4 heterocycles. The summed E-state index contributed by atoms with van der Waals surface area (Å²) in [6.45, 7) is 1.79. The molecule has 1 aliphatic rings. The highest BCUT2D eigenvalue weighted by Crippen LogP contribution is 2.33. The van der Waals surface area contributed by atoms with E-state index in [2.05, 4.69) is 15.1 Å². The average Bonchev–Trinajstić information content (AvgIpc) is 3.20. The summed E-state index contributed by atoms with van der Waals surface area (Å²) in [5, 5.41) is 5.14. The van der Waals surface area contributed by atoms with Gasteiger partial charge in [-0.3, -0.25) is 4.79 Å². The number of pyridine rings is 1. The standard InChI is InChI=1S/C26H23N5O4/c1-33-19-6-3-17(4-7-19)9-11-30-12-10-21-20(25(30)32)16-27-26-28-24(29-31(21)26)18-5-8-22-23(15-18)35-14-2-13-34-22/h3-8,10,12,15-16H,2,9,11,13-14H2,1H3. The van der Waals surface area contributed by atoms with E-state index in [-0.39, 0.29) is 5.56 Å². The number of aromatic nitrogens is 5. The molecule has 0 unspecified atom stereocenters. The van der Waals surface area contributed by atoms with Crippen LogP contribution in [0.15, 0.2) is 65.7 Å². The Morgan fingerprint density at radius 1 is 1.03 bits per heavy atom. The summed E-state index contributed by atoms with van der Waals surface area (Å²) in [7, 11) is 1.64. The van der Waals surface area contributed by atoms with Crippen molar-refractivity contribution >= 4 is 16.7 Å². The molecule has 0 atom stereocenters. The van der Waals surface area contributed by atoms with Crippen LogP contribution in [0.2, 0.25) is 0 Å². The Morgan fingerprint density at radius 3 is 2.69 bits per heavy atom. The van der Waals surface area contributed by atoms with Crippen molar-refractivity contribution < 1.29 is 14.2 Å². The third kappa shape index (κ3) is 3.95. The van der Waals surface area contributed by atoms with Crippen LogP contribution in [0.4, 0.5) is 0 Å². The first kappa shape index (κ1) is 21.2. The third-order valence-electron chi connectivity index (χ3n) is 6.11. The molecule has 0 aliphatic carbocycles. The average molecular weight is 470 g/mol. The highest BCUT2D eigenvalue weighted by molar-refractivity contribution is 5.79. The highest BCUT2D eigenvalue weighted by atomic mass is 16.5. The minimum atomic E-state index is -0.113. The van der Waals surface area contributed by atoms with Gasteiger partial charge in [-0.05, 0) is 48.4 Å². The van der Waals surface area contributed by atoms with Gasteiger partial charge in [0, 0.05) is 30.9 Å². The summed E-state index contributed by atoms with van der Waals surface area (Å²) in [4.78, 5) is 22.2. The molecule has 0 fully saturated rings. The van der Waals surface area contributed by atoms with Gasteiger partial charge in [0.2, 0.25) is 0 Å². The van der Waals surface area contributed by atoms with Crippen molar-refractivity contribution in [2.45, 2.75) is 19.4 Å². The number of hydrogen-bond acceptors (Lipinski definition) is 7. The lowest BCUT2D eigenvalue weighted by Crippen LogP contribution is -2.21. The molecule has 9 heteroatoms. The second kappa shape index (κ2) is 8.75. The van der Waals surface area contributed by atoms with E-state index < -0.39 is 0 Å². The second-order valence-electron chi connectivity index (χ2n) is 8.33. The van der Waals surface area contributed by atoms with Crippen molar-refractivity contribution in [2.75, 3.05) is 20.3 Å². The molecule has 6 rings (SSSR count). The molecule has 0 radical (unpaired) electrons. The van der Waals surface area contributed by atoms with Gasteiger partial charge in [0.05, 0.1) is 31.2 Å². The Labute approximate surface area is 200 Å². The van der Waals surface area contributed by atoms with Gasteiger partial charge in [-0.25, -0.2) is 4.98 Å². The summed E-state index contributed by atoms with van der Waals surface area (Å²) >= 11 is 0. The van der Waals surface area contributed by atoms with Crippen LogP contribution in [-0.2, 0) is 13.0 Å². The third-order valence-corrected chi connectivity index (χ3v) is 6.11. The van der Waals surface area contributed by atoms with Crippen LogP contribution in [0.3, 0.4) is 0 Å². The van der Waals surface area contributed by atoms with Crippen LogP contribution in [0, 0.1) is 0 Å². The molecule has 3 aromatic heterocycles. The van der Waals surface area contributed by atoms with Crippen molar-refractivity contribution in [3.8, 4) is 28.6 Å². The Morgan fingerprint density at radius 2 is 1.86 bits per heavy atom. The monoisotopic (exact) mass is 469 g/mol. The molecule has 9 nitrogen and oxygen atoms in total. The number of fused-ring (bicyclic) bond motifs is 4. The zero-order chi connectivity index (χ0) is 23.8. The quantitative estimate of drug-likeness (QED) is 0.389. The van der Waals surface area contributed by atoms with Crippen LogP contribution in [-0.4, -0.2) is 44.5 Å².